The number of aliphatic imine (C=N–C) groups is 1. The number of halogens is 4. The number of hydrogen-bond acceptors (Lipinski definition) is 6. The largest absolute Gasteiger partial charge is 0.444 e. The monoisotopic (exact) mass is 663 g/mol. The summed E-state index contributed by atoms with van der Waals surface area (Å²) in [4.78, 5) is 46.7. The SMILES string of the molecule is CC(C)c1ncnc(Cl)c1NC(=O)/N=C(\c1cc(Cl)c(-c2ccccc2F)nc1Cl)N1CCN(C(=O)OC(C)(C)C)C[C@@H]1C. The summed E-state index contributed by atoms with van der Waals surface area (Å²) in [7, 11) is 0. The summed E-state index contributed by atoms with van der Waals surface area (Å²) in [6.07, 6.45) is 0.871. The second kappa shape index (κ2) is 13.6. The average molecular weight is 665 g/mol. The lowest BCUT2D eigenvalue weighted by Gasteiger charge is -2.41. The molecule has 1 aliphatic rings. The highest BCUT2D eigenvalue weighted by molar-refractivity contribution is 6.37. The Bertz CT molecular complexity index is 1600. The number of nitrogens with one attached hydrogen (secondary N) is 1. The molecule has 0 unspecified atom stereocenters. The van der Waals surface area contributed by atoms with Crippen LogP contribution in [0.1, 0.15) is 58.7 Å². The molecule has 14 heteroatoms. The first-order chi connectivity index (χ1) is 20.7. The molecule has 44 heavy (non-hydrogen) atoms. The minimum Gasteiger partial charge on any atom is -0.444 e. The Morgan fingerprint density at radius 2 is 1.82 bits per heavy atom. The molecule has 0 bridgehead atoms. The Kier molecular flexibility index (Phi) is 10.3. The van der Waals surface area contributed by atoms with Gasteiger partial charge >= 0.3 is 12.1 Å². The lowest BCUT2D eigenvalue weighted by atomic mass is 10.1. The Morgan fingerprint density at radius 1 is 1.11 bits per heavy atom. The van der Waals surface area contributed by atoms with Gasteiger partial charge in [0.2, 0.25) is 0 Å². The van der Waals surface area contributed by atoms with Crippen LogP contribution in [-0.4, -0.2) is 74.0 Å². The molecule has 0 radical (unpaired) electrons. The van der Waals surface area contributed by atoms with E-state index in [1.165, 1.54) is 24.5 Å². The highest BCUT2D eigenvalue weighted by Crippen LogP contribution is 2.33. The number of aromatic nitrogens is 3. The molecule has 1 fully saturated rings. The van der Waals surface area contributed by atoms with Gasteiger partial charge in [-0.1, -0.05) is 60.8 Å². The van der Waals surface area contributed by atoms with Crippen LogP contribution in [0.15, 0.2) is 41.7 Å². The van der Waals surface area contributed by atoms with E-state index in [0.29, 0.717) is 5.69 Å². The predicted molar refractivity (Wildman–Crippen MR) is 170 cm³/mol. The number of pyridine rings is 1. The minimum atomic E-state index is -0.772. The summed E-state index contributed by atoms with van der Waals surface area (Å²) in [5.74, 6) is -0.440. The molecule has 4 rings (SSSR count). The zero-order chi connectivity index (χ0) is 32.3. The van der Waals surface area contributed by atoms with Gasteiger partial charge in [0.25, 0.3) is 0 Å². The van der Waals surface area contributed by atoms with Crippen molar-refractivity contribution in [3.8, 4) is 11.3 Å². The number of amidine groups is 1. The topological polar surface area (TPSA) is 113 Å². The number of carbonyl (C=O) groups excluding carboxylic acids is 2. The van der Waals surface area contributed by atoms with Crippen LogP contribution in [0.4, 0.5) is 19.7 Å². The lowest BCUT2D eigenvalue weighted by Crippen LogP contribution is -2.56. The summed E-state index contributed by atoms with van der Waals surface area (Å²) in [6.45, 7) is 11.9. The number of amides is 3. The quantitative estimate of drug-likeness (QED) is 0.132. The molecule has 0 spiro atoms. The predicted octanol–water partition coefficient (Wildman–Crippen LogP) is 7.68. The molecule has 234 valence electrons. The maximum Gasteiger partial charge on any atom is 0.410 e. The van der Waals surface area contributed by atoms with Crippen molar-refractivity contribution < 1.29 is 18.7 Å². The smallest absolute Gasteiger partial charge is 0.410 e. The molecule has 10 nitrogen and oxygen atoms in total. The molecule has 2 aromatic heterocycles. The van der Waals surface area contributed by atoms with Crippen molar-refractivity contribution in [3.05, 3.63) is 69.1 Å². The number of rotatable bonds is 4. The van der Waals surface area contributed by atoms with Crippen molar-refractivity contribution >= 4 is 58.5 Å². The summed E-state index contributed by atoms with van der Waals surface area (Å²) in [6, 6.07) is 6.43. The highest BCUT2D eigenvalue weighted by Gasteiger charge is 2.33. The van der Waals surface area contributed by atoms with Crippen LogP contribution in [0.3, 0.4) is 0 Å². The second-order valence-electron chi connectivity index (χ2n) is 11.6. The number of urea groups is 1. The third kappa shape index (κ3) is 7.75. The van der Waals surface area contributed by atoms with E-state index in [0.717, 1.165) is 0 Å². The van der Waals surface area contributed by atoms with E-state index >= 15 is 0 Å². The zero-order valence-corrected chi connectivity index (χ0v) is 27.4. The van der Waals surface area contributed by atoms with Gasteiger partial charge in [0.15, 0.2) is 5.15 Å². The van der Waals surface area contributed by atoms with Crippen LogP contribution >= 0.6 is 34.8 Å². The molecule has 1 aromatic carbocycles. The van der Waals surface area contributed by atoms with Gasteiger partial charge in [0.05, 0.1) is 22.0 Å². The molecule has 1 aliphatic heterocycles. The summed E-state index contributed by atoms with van der Waals surface area (Å²) in [5.41, 5.74) is 0.656. The zero-order valence-electron chi connectivity index (χ0n) is 25.2. The van der Waals surface area contributed by atoms with Gasteiger partial charge in [-0.2, -0.15) is 4.99 Å². The molecule has 3 aromatic rings. The van der Waals surface area contributed by atoms with Crippen LogP contribution < -0.4 is 5.32 Å². The van der Waals surface area contributed by atoms with Crippen molar-refractivity contribution in [1.82, 2.24) is 24.8 Å². The van der Waals surface area contributed by atoms with Crippen molar-refractivity contribution in [3.63, 3.8) is 0 Å². The van der Waals surface area contributed by atoms with Gasteiger partial charge in [-0.15, -0.1) is 0 Å². The Hall–Kier alpha value is -3.54. The first-order valence-electron chi connectivity index (χ1n) is 13.9. The van der Waals surface area contributed by atoms with Gasteiger partial charge in [0.1, 0.15) is 34.4 Å². The van der Waals surface area contributed by atoms with Crippen LogP contribution in [0, 0.1) is 5.82 Å². The van der Waals surface area contributed by atoms with E-state index in [1.807, 2.05) is 25.7 Å². The number of hydrogen-bond donors (Lipinski definition) is 1. The van der Waals surface area contributed by atoms with E-state index in [2.05, 4.69) is 25.3 Å². The van der Waals surface area contributed by atoms with Crippen LogP contribution in [0.5, 0.6) is 0 Å². The third-order valence-corrected chi connectivity index (χ3v) is 7.53. The Labute approximate surface area is 270 Å². The van der Waals surface area contributed by atoms with Gasteiger partial charge in [-0.05, 0) is 51.8 Å². The molecule has 3 heterocycles. The maximum absolute atomic E-state index is 14.6. The second-order valence-corrected chi connectivity index (χ2v) is 12.7. The fourth-order valence-corrected chi connectivity index (χ4v) is 5.33. The van der Waals surface area contributed by atoms with Crippen molar-refractivity contribution in [2.24, 2.45) is 4.99 Å². The Balaban J connectivity index is 1.75. The Morgan fingerprint density at radius 3 is 2.45 bits per heavy atom. The van der Waals surface area contributed by atoms with Gasteiger partial charge in [0, 0.05) is 31.2 Å². The molecule has 0 aliphatic carbocycles. The van der Waals surface area contributed by atoms with Gasteiger partial charge in [-0.3, -0.25) is 0 Å². The van der Waals surface area contributed by atoms with Crippen LogP contribution in [-0.2, 0) is 4.74 Å². The van der Waals surface area contributed by atoms with E-state index in [4.69, 9.17) is 39.5 Å². The van der Waals surface area contributed by atoms with Gasteiger partial charge < -0.3 is 19.9 Å². The van der Waals surface area contributed by atoms with Crippen LogP contribution in [0.2, 0.25) is 15.3 Å². The molecular formula is C30H33Cl3FN7O3. The van der Waals surface area contributed by atoms with E-state index in [9.17, 15) is 14.0 Å². The average Bonchev–Trinajstić information content (AvgIpc) is 2.93. The molecule has 0 saturated carbocycles. The fraction of sp³-hybridized carbons (Fsp3) is 0.400. The van der Waals surface area contributed by atoms with E-state index < -0.39 is 23.5 Å². The van der Waals surface area contributed by atoms with Crippen LogP contribution in [0.25, 0.3) is 11.3 Å². The standard InChI is InChI=1S/C30H33Cl3FN7O3/c1-16(2)22-24(26(33)36-15-35-22)38-28(42)39-27(41-12-11-40(14-17(41)3)29(43)44-30(4,5)6)19-13-20(31)23(37-25(19)32)18-9-7-8-10-21(18)34/h7-10,13,15-17H,11-12,14H2,1-6H3,(H,38,42)/b39-27+/t17-/m0/s1. The molecule has 1 atom stereocenters. The van der Waals surface area contributed by atoms with E-state index in [-0.39, 0.29) is 75.3 Å². The number of anilines is 1. The van der Waals surface area contributed by atoms with Crippen molar-refractivity contribution in [1.29, 1.82) is 0 Å². The first kappa shape index (κ1) is 33.4. The normalized spacial score (nSPS) is 15.9. The summed E-state index contributed by atoms with van der Waals surface area (Å²) in [5, 5.41) is 2.82. The molecule has 1 saturated heterocycles. The van der Waals surface area contributed by atoms with E-state index in [1.54, 1.807) is 37.8 Å². The molecule has 3 amide bonds. The maximum atomic E-state index is 14.6. The first-order valence-corrected chi connectivity index (χ1v) is 15.1. The molecule has 1 N–H and O–H groups in total. The number of nitrogens with zero attached hydrogens (tertiary/aromatic N) is 6. The fourth-order valence-electron chi connectivity index (χ4n) is 4.67. The number of carbonyl (C=O) groups is 2. The lowest BCUT2D eigenvalue weighted by molar-refractivity contribution is 0.0134. The number of benzene rings is 1. The molecular weight excluding hydrogens is 632 g/mol. The summed E-state index contributed by atoms with van der Waals surface area (Å²) < 4.78 is 20.2. The number of piperazine rings is 1. The number of ether oxygens (including phenoxy) is 1. The van der Waals surface area contributed by atoms with Crippen molar-refractivity contribution in [2.75, 3.05) is 25.0 Å². The summed E-state index contributed by atoms with van der Waals surface area (Å²) >= 11 is 19.6. The highest BCUT2D eigenvalue weighted by atomic mass is 35.5. The minimum absolute atomic E-state index is 0.0510. The third-order valence-electron chi connectivity index (χ3n) is 6.67. The van der Waals surface area contributed by atoms with Crippen molar-refractivity contribution in [2.45, 2.75) is 59.1 Å². The van der Waals surface area contributed by atoms with Gasteiger partial charge in [-0.25, -0.2) is 28.9 Å².